The summed E-state index contributed by atoms with van der Waals surface area (Å²) in [6.07, 6.45) is 0.745. The first kappa shape index (κ1) is 17.5. The van der Waals surface area contributed by atoms with E-state index in [1.54, 1.807) is 39.3 Å². The number of rotatable bonds is 12. The zero-order valence-corrected chi connectivity index (χ0v) is 22.8. The van der Waals surface area contributed by atoms with Gasteiger partial charge in [0.1, 0.15) is 0 Å². The normalized spacial score (nSPS) is 18.2. The Morgan fingerprint density at radius 2 is 1.00 bits per heavy atom. The minimum atomic E-state index is -3.31. The molecule has 0 spiro atoms. The zero-order chi connectivity index (χ0) is 21.9. The molecule has 0 aliphatic heterocycles. The molecule has 0 heterocycles. The van der Waals surface area contributed by atoms with Crippen LogP contribution >= 0.6 is 0 Å². The molecule has 0 aliphatic rings. The highest BCUT2D eigenvalue weighted by Crippen LogP contribution is 2.26. The lowest BCUT2D eigenvalue weighted by atomic mass is 10.6. The second-order valence-electron chi connectivity index (χ2n) is 7.34. The van der Waals surface area contributed by atoms with Gasteiger partial charge in [-0.05, 0) is 77.9 Å². The zero-order valence-electron chi connectivity index (χ0n) is 20.8. The number of hydrogen-bond donors (Lipinski definition) is 0. The topological polar surface area (TPSA) is 36.9 Å². The maximum atomic E-state index is 8.34. The third kappa shape index (κ3) is 12.2. The van der Waals surface area contributed by atoms with Crippen LogP contribution in [0.4, 0.5) is 0 Å². The van der Waals surface area contributed by atoms with Crippen molar-refractivity contribution in [3.63, 3.8) is 0 Å². The van der Waals surface area contributed by atoms with E-state index in [0.717, 1.165) is 12.5 Å². The van der Waals surface area contributed by atoms with E-state index in [9.17, 15) is 0 Å². The Labute approximate surface area is 158 Å². The van der Waals surface area contributed by atoms with Gasteiger partial charge in [-0.1, -0.05) is 0 Å². The van der Waals surface area contributed by atoms with E-state index in [0.29, 0.717) is 6.04 Å². The van der Waals surface area contributed by atoms with Crippen LogP contribution in [0.15, 0.2) is 0 Å². The van der Waals surface area contributed by atoms with Crippen molar-refractivity contribution in [1.82, 2.24) is 0 Å². The summed E-state index contributed by atoms with van der Waals surface area (Å²) in [7, 11) is -15.8. The molecule has 0 aromatic rings. The highest BCUT2D eigenvalue weighted by Gasteiger charge is 2.43. The fourth-order valence-corrected chi connectivity index (χ4v) is 19.6. The van der Waals surface area contributed by atoms with Gasteiger partial charge in [-0.15, -0.1) is 0 Å². The van der Waals surface area contributed by atoms with E-state index in [4.69, 9.17) is 21.4 Å². The van der Waals surface area contributed by atoms with Crippen molar-refractivity contribution in [2.24, 2.45) is 0 Å². The molecule has 0 atom stereocenters. The van der Waals surface area contributed by atoms with E-state index in [2.05, 4.69) is 13.1 Å². The Hall–Kier alpha value is 1.14. The molecular weight excluding hydrogens is 389 g/mol. The fourth-order valence-electron chi connectivity index (χ4n) is 2.48. The predicted octanol–water partition coefficient (Wildman–Crippen LogP) is 3.52. The summed E-state index contributed by atoms with van der Waals surface area (Å²) in [5, 5.41) is 0. The molecule has 0 aromatic heterocycles. The van der Waals surface area contributed by atoms with Gasteiger partial charge in [-0.25, -0.2) is 0 Å². The first-order valence-corrected chi connectivity index (χ1v) is 23.0. The highest BCUT2D eigenvalue weighted by atomic mass is 28.5. The third-order valence-corrected chi connectivity index (χ3v) is 17.8. The van der Waals surface area contributed by atoms with E-state index in [1.807, 2.05) is 13.1 Å². The largest absolute Gasteiger partial charge is 0.468 e. The van der Waals surface area contributed by atoms with Crippen molar-refractivity contribution >= 4 is 53.0 Å². The minimum absolute atomic E-state index is 0.507. The molecule has 0 saturated carbocycles. The Bertz CT molecular complexity index is 431. The summed E-state index contributed by atoms with van der Waals surface area (Å²) in [5.41, 5.74) is 0. The van der Waals surface area contributed by atoms with E-state index in [1.165, 1.54) is 0 Å². The maximum Gasteiger partial charge on any atom is 0.468 e. The molecule has 0 saturated heterocycles. The van der Waals surface area contributed by atoms with Crippen LogP contribution in [0.5, 0.6) is 0 Å². The summed E-state index contributed by atoms with van der Waals surface area (Å²) in [6.45, 7) is 18.6. The van der Waals surface area contributed by atoms with Crippen LogP contribution in [0.2, 0.25) is 77.6 Å². The van der Waals surface area contributed by atoms with Gasteiger partial charge < -0.3 is 16.5 Å². The van der Waals surface area contributed by atoms with Crippen LogP contribution < -0.4 is 0 Å². The quantitative estimate of drug-likeness (QED) is 0.439. The van der Waals surface area contributed by atoms with E-state index in [-0.39, 0.29) is 0 Å². The molecule has 140 valence electrons. The summed E-state index contributed by atoms with van der Waals surface area (Å²) in [4.78, 5) is 0. The molecule has 0 aromatic carbocycles. The van der Waals surface area contributed by atoms with Gasteiger partial charge in [-0.3, -0.25) is 0 Å². The Balaban J connectivity index is 5.49. The van der Waals surface area contributed by atoms with Crippen LogP contribution in [0.3, 0.4) is 0 Å². The van der Waals surface area contributed by atoms with Gasteiger partial charge in [0.25, 0.3) is 0 Å². The molecule has 0 unspecified atom stereocenters. The summed E-state index contributed by atoms with van der Waals surface area (Å²) >= 11 is 0. The first-order valence-electron chi connectivity index (χ1n) is 10.3. The maximum absolute atomic E-state index is 8.34. The highest BCUT2D eigenvalue weighted by molar-refractivity contribution is 6.80. The molecular formula is C13H40O4Si6. The van der Waals surface area contributed by atoms with Crippen molar-refractivity contribution in [1.29, 1.82) is 4.94 Å². The van der Waals surface area contributed by atoms with E-state index < -0.39 is 53.0 Å². The molecule has 0 amide bonds. The lowest BCUT2D eigenvalue weighted by Crippen LogP contribution is -2.53. The SMILES string of the molecule is [3H][Si](C)(C)O[Si](C)(C)CCC[Si](O[Si]([3H])(C)C)(O[Si]([3H])(C)C)O[Si]([3H])(C)C. The van der Waals surface area contributed by atoms with Crippen LogP contribution in [-0.2, 0) is 16.5 Å². The van der Waals surface area contributed by atoms with Crippen LogP contribution in [0.25, 0.3) is 0 Å². The second-order valence-corrected chi connectivity index (χ2v) is 23.8. The van der Waals surface area contributed by atoms with Crippen molar-refractivity contribution in [2.45, 2.75) is 84.0 Å². The fraction of sp³-hybridized carbons (Fsp3) is 1.00. The van der Waals surface area contributed by atoms with Gasteiger partial charge in [-0.2, -0.15) is 0 Å². The molecule has 23 heavy (non-hydrogen) atoms. The Morgan fingerprint density at radius 1 is 0.652 bits per heavy atom. The third-order valence-electron chi connectivity index (χ3n) is 2.82. The summed E-state index contributed by atoms with van der Waals surface area (Å²) in [6, 6.07) is 1.35. The summed E-state index contributed by atoms with van der Waals surface area (Å²) in [5.74, 6) is 0. The smallest absolute Gasteiger partial charge is 0.458 e. The first-order chi connectivity index (χ1) is 11.5. The molecule has 10 heteroatoms. The Morgan fingerprint density at radius 3 is 1.30 bits per heavy atom. The number of hydrogen-bond acceptors (Lipinski definition) is 4. The Kier molecular flexibility index (Phi) is 8.38. The van der Waals surface area contributed by atoms with Gasteiger partial charge >= 0.3 is 8.80 Å². The molecule has 0 N–H and O–H groups in total. The van der Waals surface area contributed by atoms with Crippen molar-refractivity contribution in [3.05, 3.63) is 0 Å². The standard InChI is InChI=1S/C13H40O4Si6/c1-18(2)14-22(9,10)12-11-13-23(15-19(3)4,16-20(5)6)17-21(7)8/h18-21H,11-13H2,1-10H3/i18T,19T,20T,21T. The predicted molar refractivity (Wildman–Crippen MR) is 117 cm³/mol. The van der Waals surface area contributed by atoms with Gasteiger partial charge in [0.05, 0.1) is 0 Å². The molecule has 4 nitrogen and oxygen atoms in total. The second kappa shape index (κ2) is 11.0. The van der Waals surface area contributed by atoms with Crippen LogP contribution in [0.1, 0.15) is 6.42 Å². The van der Waals surface area contributed by atoms with Crippen LogP contribution in [-0.4, -0.2) is 58.0 Å². The molecule has 0 radical (unpaired) electrons. The van der Waals surface area contributed by atoms with Gasteiger partial charge in [0, 0.05) is 11.0 Å². The van der Waals surface area contributed by atoms with Gasteiger partial charge in [0.2, 0.25) is 0 Å². The average molecular weight is 437 g/mol. The lowest BCUT2D eigenvalue weighted by molar-refractivity contribution is 0.267. The lowest BCUT2D eigenvalue weighted by Gasteiger charge is -2.36. The van der Waals surface area contributed by atoms with Gasteiger partial charge in [0.15, 0.2) is 44.2 Å². The minimum Gasteiger partial charge on any atom is -0.458 e. The molecule has 0 fully saturated rings. The molecule has 0 rings (SSSR count). The molecule has 0 aliphatic carbocycles. The van der Waals surface area contributed by atoms with Crippen LogP contribution in [0, 0.1) is 0 Å². The monoisotopic (exact) mass is 436 g/mol. The summed E-state index contributed by atoms with van der Waals surface area (Å²) < 4.78 is 57.8. The van der Waals surface area contributed by atoms with Crippen molar-refractivity contribution in [2.75, 3.05) is 0 Å². The van der Waals surface area contributed by atoms with Crippen molar-refractivity contribution < 1.29 is 16.5 Å². The molecule has 0 bridgehead atoms. The van der Waals surface area contributed by atoms with E-state index >= 15 is 0 Å². The van der Waals surface area contributed by atoms with Crippen molar-refractivity contribution in [3.8, 4) is 0 Å². The average Bonchev–Trinajstić information content (AvgIpc) is 2.14.